The maximum Gasteiger partial charge on any atom is 0.339 e. The molecular weight excluding hydrogens is 562 g/mol. The molecular formula is C38H33N3O4. The smallest absolute Gasteiger partial charge is 0.339 e. The van der Waals surface area contributed by atoms with Gasteiger partial charge in [-0.2, -0.15) is 0 Å². The molecule has 0 radical (unpaired) electrons. The molecule has 0 unspecified atom stereocenters. The molecule has 2 amide bonds. The number of benzene rings is 4. The standard InChI is InChI=1S/C38H33N3O4/c1-24-11-15-26(16-12-24)21-28-19-20-31-35(29-7-3-5-9-32(29)41-36(28)31)38(44)45-23-34(42)40-33-10-6-4-8-30(33)37(43)39-22-27-17-13-25(2)14-18-27/h3-18,21H,19-20,22-23H2,1-2H3,(H,39,43)(H,40,42)/b28-21+. The Hall–Kier alpha value is -5.56. The number of allylic oxidation sites excluding steroid dienone is 1. The number of amides is 2. The first kappa shape index (κ1) is 29.5. The number of carbonyl (C=O) groups excluding carboxylic acids is 3. The van der Waals surface area contributed by atoms with Crippen molar-refractivity contribution in [1.29, 1.82) is 0 Å². The summed E-state index contributed by atoms with van der Waals surface area (Å²) in [6, 6.07) is 30.4. The third-order valence-corrected chi connectivity index (χ3v) is 7.92. The van der Waals surface area contributed by atoms with Crippen molar-refractivity contribution in [2.75, 3.05) is 11.9 Å². The Morgan fingerprint density at radius 3 is 2.29 bits per heavy atom. The first-order valence-corrected chi connectivity index (χ1v) is 14.9. The quantitative estimate of drug-likeness (QED) is 0.187. The Balaban J connectivity index is 1.17. The lowest BCUT2D eigenvalue weighted by Gasteiger charge is -2.14. The topological polar surface area (TPSA) is 97.4 Å². The van der Waals surface area contributed by atoms with Gasteiger partial charge in [-0.3, -0.25) is 9.59 Å². The van der Waals surface area contributed by atoms with E-state index in [2.05, 4.69) is 47.9 Å². The number of esters is 1. The van der Waals surface area contributed by atoms with Crippen LogP contribution in [-0.2, 0) is 22.5 Å². The summed E-state index contributed by atoms with van der Waals surface area (Å²) in [7, 11) is 0. The van der Waals surface area contributed by atoms with Gasteiger partial charge in [0.25, 0.3) is 11.8 Å². The van der Waals surface area contributed by atoms with Gasteiger partial charge in [0.1, 0.15) is 0 Å². The summed E-state index contributed by atoms with van der Waals surface area (Å²) in [4.78, 5) is 44.4. The maximum atomic E-state index is 13.6. The third-order valence-electron chi connectivity index (χ3n) is 7.92. The summed E-state index contributed by atoms with van der Waals surface area (Å²) in [5.74, 6) is -1.45. The minimum Gasteiger partial charge on any atom is -0.452 e. The summed E-state index contributed by atoms with van der Waals surface area (Å²) in [6.07, 6.45) is 3.51. The van der Waals surface area contributed by atoms with Crippen LogP contribution in [0.25, 0.3) is 22.6 Å². The number of hydrogen-bond donors (Lipinski definition) is 2. The van der Waals surface area contributed by atoms with Gasteiger partial charge in [-0.15, -0.1) is 0 Å². The molecule has 2 N–H and O–H groups in total. The predicted octanol–water partition coefficient (Wildman–Crippen LogP) is 7.06. The molecule has 5 aromatic rings. The zero-order chi connectivity index (χ0) is 31.3. The Labute approximate surface area is 262 Å². The fourth-order valence-electron chi connectivity index (χ4n) is 5.54. The van der Waals surface area contributed by atoms with Crippen molar-refractivity contribution in [3.63, 3.8) is 0 Å². The summed E-state index contributed by atoms with van der Waals surface area (Å²) >= 11 is 0. The van der Waals surface area contributed by atoms with Gasteiger partial charge in [0.2, 0.25) is 0 Å². The SMILES string of the molecule is Cc1ccc(/C=C2\CCc3c2nc2ccccc2c3C(=O)OCC(=O)Nc2ccccc2C(=O)NCc2ccc(C)cc2)cc1. The zero-order valence-electron chi connectivity index (χ0n) is 25.2. The number of nitrogens with one attached hydrogen (secondary N) is 2. The second-order valence-electron chi connectivity index (χ2n) is 11.2. The normalized spacial score (nSPS) is 13.0. The molecule has 1 aliphatic rings. The van der Waals surface area contributed by atoms with Crippen LogP contribution in [0.3, 0.4) is 0 Å². The number of aryl methyl sites for hydroxylation is 2. The van der Waals surface area contributed by atoms with Gasteiger partial charge in [-0.1, -0.05) is 90.0 Å². The van der Waals surface area contributed by atoms with Crippen molar-refractivity contribution in [1.82, 2.24) is 10.3 Å². The minimum absolute atomic E-state index is 0.315. The Bertz CT molecular complexity index is 1940. The molecule has 45 heavy (non-hydrogen) atoms. The fourth-order valence-corrected chi connectivity index (χ4v) is 5.54. The number of para-hydroxylation sites is 2. The summed E-state index contributed by atoms with van der Waals surface area (Å²) in [5.41, 5.74) is 8.82. The van der Waals surface area contributed by atoms with E-state index in [1.165, 1.54) is 5.56 Å². The van der Waals surface area contributed by atoms with Gasteiger partial charge >= 0.3 is 5.97 Å². The first-order valence-electron chi connectivity index (χ1n) is 14.9. The molecule has 7 heteroatoms. The van der Waals surface area contributed by atoms with Gasteiger partial charge in [0, 0.05) is 11.9 Å². The number of carbonyl (C=O) groups is 3. The highest BCUT2D eigenvalue weighted by atomic mass is 16.5. The van der Waals surface area contributed by atoms with E-state index >= 15 is 0 Å². The van der Waals surface area contributed by atoms with E-state index in [1.807, 2.05) is 55.5 Å². The molecule has 224 valence electrons. The lowest BCUT2D eigenvalue weighted by atomic mass is 10.0. The average molecular weight is 596 g/mol. The van der Waals surface area contributed by atoms with Crippen molar-refractivity contribution in [3.05, 3.63) is 142 Å². The molecule has 4 aromatic carbocycles. The van der Waals surface area contributed by atoms with Gasteiger partial charge in [-0.25, -0.2) is 9.78 Å². The van der Waals surface area contributed by atoms with Crippen LogP contribution in [0.1, 0.15) is 60.6 Å². The number of rotatable bonds is 8. The van der Waals surface area contributed by atoms with Crippen molar-refractivity contribution in [3.8, 4) is 0 Å². The van der Waals surface area contributed by atoms with E-state index in [1.54, 1.807) is 24.3 Å². The largest absolute Gasteiger partial charge is 0.452 e. The highest BCUT2D eigenvalue weighted by Gasteiger charge is 2.28. The van der Waals surface area contributed by atoms with Crippen LogP contribution < -0.4 is 10.6 Å². The average Bonchev–Trinajstić information content (AvgIpc) is 3.45. The third kappa shape index (κ3) is 6.68. The van der Waals surface area contributed by atoms with Crippen molar-refractivity contribution < 1.29 is 19.1 Å². The molecule has 0 saturated carbocycles. The molecule has 0 aliphatic heterocycles. The lowest BCUT2D eigenvalue weighted by molar-refractivity contribution is -0.119. The van der Waals surface area contributed by atoms with Crippen LogP contribution in [0.5, 0.6) is 0 Å². The number of ether oxygens (including phenoxy) is 1. The molecule has 0 saturated heterocycles. The second-order valence-corrected chi connectivity index (χ2v) is 11.2. The summed E-state index contributed by atoms with van der Waals surface area (Å²) in [5, 5.41) is 6.32. The van der Waals surface area contributed by atoms with Crippen LogP contribution in [-0.4, -0.2) is 29.4 Å². The van der Waals surface area contributed by atoms with Crippen LogP contribution in [0.15, 0.2) is 97.1 Å². The molecule has 1 aromatic heterocycles. The van der Waals surface area contributed by atoms with Crippen molar-refractivity contribution in [2.45, 2.75) is 33.2 Å². The lowest BCUT2D eigenvalue weighted by Crippen LogP contribution is -2.26. The molecule has 6 rings (SSSR count). The van der Waals surface area contributed by atoms with E-state index in [4.69, 9.17) is 9.72 Å². The first-order chi connectivity index (χ1) is 21.9. The van der Waals surface area contributed by atoms with Crippen LogP contribution in [0.2, 0.25) is 0 Å². The molecule has 0 bridgehead atoms. The van der Waals surface area contributed by atoms with Crippen LogP contribution in [0.4, 0.5) is 5.69 Å². The molecule has 1 heterocycles. The summed E-state index contributed by atoms with van der Waals surface area (Å²) < 4.78 is 5.58. The fraction of sp³-hybridized carbons (Fsp3) is 0.158. The molecule has 0 fully saturated rings. The number of nitrogens with zero attached hydrogens (tertiary/aromatic N) is 1. The van der Waals surface area contributed by atoms with Gasteiger partial charge in [0.05, 0.1) is 28.0 Å². The number of anilines is 1. The molecule has 0 atom stereocenters. The van der Waals surface area contributed by atoms with Gasteiger partial charge < -0.3 is 15.4 Å². The number of hydrogen-bond acceptors (Lipinski definition) is 5. The second kappa shape index (κ2) is 13.0. The van der Waals surface area contributed by atoms with E-state index in [-0.39, 0.29) is 5.91 Å². The molecule has 0 spiro atoms. The monoisotopic (exact) mass is 595 g/mol. The highest BCUT2D eigenvalue weighted by Crippen LogP contribution is 2.37. The van der Waals surface area contributed by atoms with Crippen LogP contribution in [0, 0.1) is 13.8 Å². The molecule has 1 aliphatic carbocycles. The Kier molecular flexibility index (Phi) is 8.51. The Morgan fingerprint density at radius 1 is 0.822 bits per heavy atom. The van der Waals surface area contributed by atoms with E-state index in [9.17, 15) is 14.4 Å². The van der Waals surface area contributed by atoms with Crippen molar-refractivity contribution >= 4 is 46.0 Å². The maximum absolute atomic E-state index is 13.6. The van der Waals surface area contributed by atoms with Gasteiger partial charge in [0.15, 0.2) is 6.61 Å². The van der Waals surface area contributed by atoms with E-state index in [0.29, 0.717) is 40.7 Å². The number of aromatic nitrogens is 1. The molecule has 7 nitrogen and oxygen atoms in total. The highest BCUT2D eigenvalue weighted by molar-refractivity contribution is 6.08. The van der Waals surface area contributed by atoms with Crippen LogP contribution >= 0.6 is 0 Å². The Morgan fingerprint density at radius 2 is 1.51 bits per heavy atom. The van der Waals surface area contributed by atoms with E-state index in [0.717, 1.165) is 39.9 Å². The zero-order valence-corrected chi connectivity index (χ0v) is 25.2. The van der Waals surface area contributed by atoms with Crippen molar-refractivity contribution in [2.24, 2.45) is 0 Å². The number of pyridine rings is 1. The van der Waals surface area contributed by atoms with E-state index < -0.39 is 18.5 Å². The number of fused-ring (bicyclic) bond motifs is 2. The predicted molar refractivity (Wildman–Crippen MR) is 177 cm³/mol. The summed E-state index contributed by atoms with van der Waals surface area (Å²) in [6.45, 7) is 3.91. The van der Waals surface area contributed by atoms with Gasteiger partial charge in [-0.05, 0) is 73.2 Å². The minimum atomic E-state index is -0.583.